The van der Waals surface area contributed by atoms with E-state index >= 15 is 0 Å². The Kier molecular flexibility index (Phi) is 24.3. The molecule has 456 valence electrons. The van der Waals surface area contributed by atoms with Crippen LogP contribution >= 0.6 is 23.5 Å². The van der Waals surface area contributed by atoms with Crippen molar-refractivity contribution in [2.24, 2.45) is 35.0 Å². The maximum absolute atomic E-state index is 13.5. The molecule has 1 saturated carbocycles. The van der Waals surface area contributed by atoms with Gasteiger partial charge in [0.1, 0.15) is 0 Å². The van der Waals surface area contributed by atoms with Crippen molar-refractivity contribution in [2.45, 2.75) is 185 Å². The zero-order chi connectivity index (χ0) is 61.5. The number of fused-ring (bicyclic) bond motifs is 1. The molecule has 4 aliphatic heterocycles. The van der Waals surface area contributed by atoms with E-state index in [2.05, 4.69) is 27.4 Å². The molecule has 5 aliphatic rings. The van der Waals surface area contributed by atoms with Crippen LogP contribution in [0.1, 0.15) is 163 Å². The van der Waals surface area contributed by atoms with E-state index in [-0.39, 0.29) is 46.6 Å². The van der Waals surface area contributed by atoms with Crippen molar-refractivity contribution < 1.29 is 71.1 Å². The number of thioether (sulfide) groups is 2. The first-order chi connectivity index (χ1) is 40.0. The molecule has 9 rings (SSSR count). The molecule has 4 heterocycles. The molecule has 0 radical (unpaired) electrons. The Balaban J connectivity index is 0.000000188. The summed E-state index contributed by atoms with van der Waals surface area (Å²) in [5.74, 6) is -1.60. The number of alkyl halides is 1. The zero-order valence-electron chi connectivity index (χ0n) is 50.6. The molecule has 17 heteroatoms. The van der Waals surface area contributed by atoms with Crippen LogP contribution in [0.15, 0.2) is 134 Å². The van der Waals surface area contributed by atoms with E-state index in [9.17, 15) is 33.2 Å². The van der Waals surface area contributed by atoms with Gasteiger partial charge in [0, 0.05) is 48.0 Å². The third-order valence-corrected chi connectivity index (χ3v) is 20.1. The quantitative estimate of drug-likeness (QED) is 0.0623. The molecular weight excluding hydrogens is 1110 g/mol. The fourth-order valence-corrected chi connectivity index (χ4v) is 15.0. The van der Waals surface area contributed by atoms with Crippen molar-refractivity contribution in [1.29, 1.82) is 0 Å². The average molecular weight is 1200 g/mol. The van der Waals surface area contributed by atoms with Gasteiger partial charge in [-0.3, -0.25) is 9.59 Å². The summed E-state index contributed by atoms with van der Waals surface area (Å²) in [6.07, 6.45) is 4.04. The van der Waals surface area contributed by atoms with Crippen LogP contribution in [0.25, 0.3) is 0 Å². The van der Waals surface area contributed by atoms with Gasteiger partial charge in [0.25, 0.3) is 0 Å². The van der Waals surface area contributed by atoms with Gasteiger partial charge in [-0.1, -0.05) is 142 Å². The number of hydrogen-bond donors (Lipinski definition) is 0. The highest BCUT2D eigenvalue weighted by molar-refractivity contribution is 8.00. The molecule has 0 bridgehead atoms. The van der Waals surface area contributed by atoms with Gasteiger partial charge >= 0.3 is 35.8 Å². The molecule has 0 N–H and O–H groups in total. The smallest absolute Gasteiger partial charge is 0.340 e. The lowest BCUT2D eigenvalue weighted by Gasteiger charge is -2.33. The van der Waals surface area contributed by atoms with E-state index < -0.39 is 65.2 Å². The fraction of sp³-hybridized carbons (Fsp3) is 0.522. The molecule has 4 aromatic rings. The van der Waals surface area contributed by atoms with Gasteiger partial charge in [-0.15, -0.1) is 23.5 Å². The first-order valence-corrected chi connectivity index (χ1v) is 31.2. The van der Waals surface area contributed by atoms with Crippen LogP contribution in [0.2, 0.25) is 0 Å². The minimum Gasteiger partial charge on any atom is -0.451 e. The normalized spacial score (nSPS) is 31.3. The lowest BCUT2D eigenvalue weighted by Crippen LogP contribution is -2.47. The summed E-state index contributed by atoms with van der Waals surface area (Å²) in [4.78, 5) is 72.2. The van der Waals surface area contributed by atoms with Crippen molar-refractivity contribution in [3.63, 3.8) is 0 Å². The van der Waals surface area contributed by atoms with Crippen molar-refractivity contribution in [3.05, 3.63) is 156 Å². The number of halogens is 1. The molecule has 4 saturated heterocycles. The van der Waals surface area contributed by atoms with Crippen molar-refractivity contribution in [1.82, 2.24) is 0 Å². The number of carbonyl (C=O) groups excluding carboxylic acids is 6. The summed E-state index contributed by atoms with van der Waals surface area (Å²) >= 11 is 3.33. The molecule has 0 amide bonds. The Labute approximate surface area is 504 Å². The average Bonchev–Trinajstić information content (AvgIpc) is 4.41. The molecule has 4 aromatic carbocycles. The third-order valence-electron chi connectivity index (χ3n) is 16.6. The second-order valence-electron chi connectivity index (χ2n) is 23.0. The summed E-state index contributed by atoms with van der Waals surface area (Å²) in [5, 5.41) is 0.968. The van der Waals surface area contributed by atoms with Crippen molar-refractivity contribution >= 4 is 59.3 Å². The lowest BCUT2D eigenvalue weighted by molar-refractivity contribution is -0.169. The Morgan fingerprint density at radius 1 is 0.536 bits per heavy atom. The Hall–Kier alpha value is -6.01. The number of ether oxygens (including phenoxy) is 8. The fourth-order valence-electron chi connectivity index (χ4n) is 11.7. The summed E-state index contributed by atoms with van der Waals surface area (Å²) in [7, 11) is 0. The second-order valence-corrected chi connectivity index (χ2v) is 25.7. The number of rotatable bonds is 15. The molecule has 0 spiro atoms. The second kappa shape index (κ2) is 30.4. The summed E-state index contributed by atoms with van der Waals surface area (Å²) < 4.78 is 58.7. The van der Waals surface area contributed by atoms with Gasteiger partial charge in [-0.05, 0) is 111 Å². The van der Waals surface area contributed by atoms with Gasteiger partial charge in [0.2, 0.25) is 12.6 Å². The van der Waals surface area contributed by atoms with E-state index in [0.717, 1.165) is 18.8 Å². The maximum atomic E-state index is 13.5. The number of benzene rings is 4. The van der Waals surface area contributed by atoms with Crippen LogP contribution in [-0.2, 0) is 47.5 Å². The van der Waals surface area contributed by atoms with Crippen LogP contribution in [0.4, 0.5) is 4.39 Å². The van der Waals surface area contributed by atoms with Gasteiger partial charge < -0.3 is 37.9 Å². The third kappa shape index (κ3) is 16.5. The number of esters is 6. The highest BCUT2D eigenvalue weighted by Gasteiger charge is 2.59. The topological polar surface area (TPSA) is 176 Å². The zero-order valence-corrected chi connectivity index (χ0v) is 52.2. The first kappa shape index (κ1) is 67.1. The summed E-state index contributed by atoms with van der Waals surface area (Å²) in [5.41, 5.74) is -0.732. The maximum Gasteiger partial charge on any atom is 0.340 e. The van der Waals surface area contributed by atoms with Crippen LogP contribution in [-0.4, -0.2) is 99.3 Å². The minimum absolute atomic E-state index is 0.0145. The predicted octanol–water partition coefficient (Wildman–Crippen LogP) is 14.5. The highest BCUT2D eigenvalue weighted by atomic mass is 32.2. The minimum atomic E-state index is -1.28. The Morgan fingerprint density at radius 3 is 1.36 bits per heavy atom. The van der Waals surface area contributed by atoms with E-state index in [1.165, 1.54) is 50.9 Å². The molecule has 14 nitrogen and oxygen atoms in total. The molecule has 0 aromatic heterocycles. The van der Waals surface area contributed by atoms with Crippen molar-refractivity contribution in [3.8, 4) is 0 Å². The molecule has 1 aliphatic carbocycles. The van der Waals surface area contributed by atoms with Gasteiger partial charge in [-0.2, -0.15) is 0 Å². The van der Waals surface area contributed by atoms with E-state index in [1.807, 2.05) is 77.6 Å². The highest BCUT2D eigenvalue weighted by Crippen LogP contribution is 2.58. The molecule has 16 atom stereocenters. The van der Waals surface area contributed by atoms with E-state index in [1.54, 1.807) is 104 Å². The predicted molar refractivity (Wildman–Crippen MR) is 323 cm³/mol. The largest absolute Gasteiger partial charge is 0.451 e. The SMILES string of the molecule is C=C[C@]1(OC(=O)c2ccccc2)C(OC(=O)c2ccccc2)O[C@H](CC)[C@H]1C.CC[C@H]1OC(OC(=O)c2ccccc2)[C@](C)(OC(=O)c2ccccc2)[C@@H]1C.CC[C@H]1SC(OC(C)=O)[C@@H](F)[C@@H]1C.CC[C@H]1SC(OC(C)=O)[C@@H]2CC(C)(C)C[C@H]12. The number of hydrogen-bond acceptors (Lipinski definition) is 16. The van der Waals surface area contributed by atoms with Crippen LogP contribution < -0.4 is 0 Å². The van der Waals surface area contributed by atoms with Gasteiger partial charge in [0.15, 0.2) is 28.2 Å². The van der Waals surface area contributed by atoms with E-state index in [4.69, 9.17) is 37.9 Å². The number of carbonyl (C=O) groups is 6. The summed E-state index contributed by atoms with van der Waals surface area (Å²) in [6, 6.07) is 34.7. The molecular formula is C67H85FO14S2. The molecule has 84 heavy (non-hydrogen) atoms. The first-order valence-electron chi connectivity index (χ1n) is 29.3. The van der Waals surface area contributed by atoms with Crippen LogP contribution in [0, 0.1) is 35.0 Å². The van der Waals surface area contributed by atoms with Crippen molar-refractivity contribution in [2.75, 3.05) is 0 Å². The monoisotopic (exact) mass is 1200 g/mol. The Bertz CT molecular complexity index is 2810. The summed E-state index contributed by atoms with van der Waals surface area (Å²) in [6.45, 7) is 27.1. The van der Waals surface area contributed by atoms with E-state index in [0.29, 0.717) is 45.3 Å². The van der Waals surface area contributed by atoms with Gasteiger partial charge in [-0.25, -0.2) is 23.6 Å². The lowest BCUT2D eigenvalue weighted by atomic mass is 9.85. The van der Waals surface area contributed by atoms with Gasteiger partial charge in [0.05, 0.1) is 34.5 Å². The van der Waals surface area contributed by atoms with Crippen LogP contribution in [0.3, 0.4) is 0 Å². The molecule has 4 unspecified atom stereocenters. The molecule has 5 fully saturated rings. The Morgan fingerprint density at radius 2 is 0.929 bits per heavy atom. The standard InChI is InChI=1S/C23H24O5.C22H24O5.C13H22O2S.C9H15FO2S/c1-4-19-16(3)23(5-2,28-21(25)18-14-10-7-11-15-18)22(26-19)27-20(24)17-12-8-6-9-13-17;1-4-18-15(2)22(3,27-20(24)17-13-9-6-10-14-17)21(25-18)26-19(23)16-11-7-5-8-12-16;1-5-11-9-6-13(3,4)7-10(9)12(16-11)15-8(2)14;1-4-7-5(2)8(10)9(13-7)12-6(3)11/h5-16,19,22H,2,4H2,1,3H3;5-15,18,21H,4H2,1-3H3;9-12H,5-7H2,1-4H3;5,7-9H,4H2,1-3H3/t16-,19-,22?,23-;15-,18-,21?,22-;9-,10+,11+,12?;5-,7-,8+,9?/m1101/s1. The van der Waals surface area contributed by atoms with Crippen LogP contribution in [0.5, 0.6) is 0 Å².